The topological polar surface area (TPSA) is 57.5 Å². The summed E-state index contributed by atoms with van der Waals surface area (Å²) < 4.78 is 27.3. The molecular formula is C13H9BF2O3. The zero-order chi connectivity index (χ0) is 14.0. The van der Waals surface area contributed by atoms with Gasteiger partial charge in [0.25, 0.3) is 0 Å². The lowest BCUT2D eigenvalue weighted by molar-refractivity contribution is 0.111. The Morgan fingerprint density at radius 3 is 2.32 bits per heavy atom. The minimum absolute atomic E-state index is 0.0628. The first-order valence-electron chi connectivity index (χ1n) is 5.45. The molecule has 2 aromatic carbocycles. The van der Waals surface area contributed by atoms with Crippen LogP contribution in [0.4, 0.5) is 8.78 Å². The highest BCUT2D eigenvalue weighted by Crippen LogP contribution is 2.25. The summed E-state index contributed by atoms with van der Waals surface area (Å²) in [7, 11) is -1.79. The van der Waals surface area contributed by atoms with Gasteiger partial charge in [0.05, 0.1) is 5.56 Å². The Balaban J connectivity index is 2.70. The molecule has 2 rings (SSSR count). The van der Waals surface area contributed by atoms with Crippen LogP contribution in [0.1, 0.15) is 10.4 Å². The molecule has 0 aliphatic carbocycles. The van der Waals surface area contributed by atoms with Crippen LogP contribution < -0.4 is 5.46 Å². The number of rotatable bonds is 3. The molecule has 0 radical (unpaired) electrons. The van der Waals surface area contributed by atoms with Crippen molar-refractivity contribution in [2.45, 2.75) is 0 Å². The molecule has 0 bridgehead atoms. The summed E-state index contributed by atoms with van der Waals surface area (Å²) in [5, 5.41) is 18.5. The predicted octanol–water partition coefficient (Wildman–Crippen LogP) is 1.12. The van der Waals surface area contributed by atoms with Crippen molar-refractivity contribution < 1.29 is 23.6 Å². The normalized spacial score (nSPS) is 10.3. The SMILES string of the molecule is O=Cc1c(F)ccc(-c2ccccc2B(O)O)c1F. The summed E-state index contributed by atoms with van der Waals surface area (Å²) in [6.07, 6.45) is 0.0894. The van der Waals surface area contributed by atoms with Crippen molar-refractivity contribution in [3.63, 3.8) is 0 Å². The highest BCUT2D eigenvalue weighted by molar-refractivity contribution is 6.60. The molecule has 0 aliphatic rings. The van der Waals surface area contributed by atoms with Crippen molar-refractivity contribution in [3.8, 4) is 11.1 Å². The van der Waals surface area contributed by atoms with Gasteiger partial charge in [-0.15, -0.1) is 0 Å². The maximum atomic E-state index is 14.0. The predicted molar refractivity (Wildman–Crippen MR) is 67.0 cm³/mol. The van der Waals surface area contributed by atoms with E-state index in [2.05, 4.69) is 0 Å². The van der Waals surface area contributed by atoms with Gasteiger partial charge in [-0.05, 0) is 23.2 Å². The first-order valence-corrected chi connectivity index (χ1v) is 5.45. The van der Waals surface area contributed by atoms with Gasteiger partial charge in [-0.3, -0.25) is 4.79 Å². The van der Waals surface area contributed by atoms with Crippen LogP contribution >= 0.6 is 0 Å². The van der Waals surface area contributed by atoms with Crippen LogP contribution in [-0.4, -0.2) is 23.5 Å². The van der Waals surface area contributed by atoms with E-state index in [1.165, 1.54) is 12.1 Å². The average molecular weight is 262 g/mol. The Morgan fingerprint density at radius 1 is 1.00 bits per heavy atom. The lowest BCUT2D eigenvalue weighted by Gasteiger charge is -2.11. The second-order valence-corrected chi connectivity index (χ2v) is 3.90. The van der Waals surface area contributed by atoms with Crippen LogP contribution in [0, 0.1) is 11.6 Å². The standard InChI is InChI=1S/C13H9BF2O3/c15-12-6-5-9(13(16)10(12)7-17)8-3-1-2-4-11(8)14(18)19/h1-7,18-19H. The van der Waals surface area contributed by atoms with Gasteiger partial charge in [0.15, 0.2) is 6.29 Å². The van der Waals surface area contributed by atoms with Crippen molar-refractivity contribution in [2.24, 2.45) is 0 Å². The largest absolute Gasteiger partial charge is 0.489 e. The third-order valence-corrected chi connectivity index (χ3v) is 2.77. The van der Waals surface area contributed by atoms with E-state index in [0.29, 0.717) is 0 Å². The van der Waals surface area contributed by atoms with Crippen molar-refractivity contribution in [2.75, 3.05) is 0 Å². The van der Waals surface area contributed by atoms with Crippen LogP contribution in [0.25, 0.3) is 11.1 Å². The zero-order valence-electron chi connectivity index (χ0n) is 9.68. The van der Waals surface area contributed by atoms with E-state index < -0.39 is 24.3 Å². The second-order valence-electron chi connectivity index (χ2n) is 3.90. The number of carbonyl (C=O) groups is 1. The molecular weight excluding hydrogens is 253 g/mol. The van der Waals surface area contributed by atoms with Gasteiger partial charge < -0.3 is 10.0 Å². The molecule has 0 saturated heterocycles. The van der Waals surface area contributed by atoms with Crippen LogP contribution in [0.15, 0.2) is 36.4 Å². The number of hydrogen-bond donors (Lipinski definition) is 2. The number of aldehydes is 1. The summed E-state index contributed by atoms with van der Waals surface area (Å²) in [6, 6.07) is 8.11. The molecule has 0 fully saturated rings. The first kappa shape index (κ1) is 13.4. The minimum Gasteiger partial charge on any atom is -0.423 e. The molecule has 0 unspecified atom stereocenters. The Bertz CT molecular complexity index is 629. The second kappa shape index (κ2) is 5.30. The van der Waals surface area contributed by atoms with Gasteiger partial charge in [-0.2, -0.15) is 0 Å². The summed E-state index contributed by atoms with van der Waals surface area (Å²) in [6.45, 7) is 0. The summed E-state index contributed by atoms with van der Waals surface area (Å²) in [4.78, 5) is 10.7. The van der Waals surface area contributed by atoms with Crippen molar-refractivity contribution in [1.82, 2.24) is 0 Å². The van der Waals surface area contributed by atoms with Crippen LogP contribution in [0.2, 0.25) is 0 Å². The maximum absolute atomic E-state index is 14.0. The zero-order valence-corrected chi connectivity index (χ0v) is 9.68. The van der Waals surface area contributed by atoms with E-state index in [4.69, 9.17) is 0 Å². The molecule has 6 heteroatoms. The third kappa shape index (κ3) is 2.40. The lowest BCUT2D eigenvalue weighted by Crippen LogP contribution is -2.31. The monoisotopic (exact) mass is 262 g/mol. The Labute approximate surface area is 108 Å². The molecule has 0 aliphatic heterocycles. The highest BCUT2D eigenvalue weighted by Gasteiger charge is 2.20. The molecule has 3 nitrogen and oxygen atoms in total. The number of benzene rings is 2. The van der Waals surface area contributed by atoms with E-state index in [1.54, 1.807) is 12.1 Å². The van der Waals surface area contributed by atoms with E-state index in [9.17, 15) is 23.6 Å². The Hall–Kier alpha value is -2.05. The molecule has 0 spiro atoms. The minimum atomic E-state index is -1.79. The lowest BCUT2D eigenvalue weighted by atomic mass is 9.75. The molecule has 96 valence electrons. The molecule has 0 atom stereocenters. The van der Waals surface area contributed by atoms with Gasteiger partial charge in [0.1, 0.15) is 11.6 Å². The van der Waals surface area contributed by atoms with Crippen LogP contribution in [-0.2, 0) is 0 Å². The van der Waals surface area contributed by atoms with Crippen molar-refractivity contribution >= 4 is 18.9 Å². The fourth-order valence-electron chi connectivity index (χ4n) is 1.85. The number of carbonyl (C=O) groups excluding carboxylic acids is 1. The van der Waals surface area contributed by atoms with E-state index >= 15 is 0 Å². The van der Waals surface area contributed by atoms with Crippen molar-refractivity contribution in [3.05, 3.63) is 53.6 Å². The van der Waals surface area contributed by atoms with E-state index in [0.717, 1.165) is 12.1 Å². The number of hydrogen-bond acceptors (Lipinski definition) is 3. The molecule has 2 N–H and O–H groups in total. The van der Waals surface area contributed by atoms with Crippen LogP contribution in [0.3, 0.4) is 0 Å². The summed E-state index contributed by atoms with van der Waals surface area (Å²) in [5.74, 6) is -1.98. The molecule has 0 aromatic heterocycles. The fraction of sp³-hybridized carbons (Fsp3) is 0. The van der Waals surface area contributed by atoms with Gasteiger partial charge >= 0.3 is 7.12 Å². The molecule has 0 amide bonds. The fourth-order valence-corrected chi connectivity index (χ4v) is 1.85. The molecule has 19 heavy (non-hydrogen) atoms. The third-order valence-electron chi connectivity index (χ3n) is 2.77. The van der Waals surface area contributed by atoms with Gasteiger partial charge in [0.2, 0.25) is 0 Å². The van der Waals surface area contributed by atoms with E-state index in [1.807, 2.05) is 0 Å². The quantitative estimate of drug-likeness (QED) is 0.643. The molecule has 2 aromatic rings. The average Bonchev–Trinajstić information content (AvgIpc) is 2.39. The van der Waals surface area contributed by atoms with Crippen LogP contribution in [0.5, 0.6) is 0 Å². The summed E-state index contributed by atoms with van der Waals surface area (Å²) in [5.41, 5.74) is -0.477. The maximum Gasteiger partial charge on any atom is 0.489 e. The number of halogens is 2. The molecule has 0 heterocycles. The van der Waals surface area contributed by atoms with Gasteiger partial charge in [-0.25, -0.2) is 8.78 Å². The van der Waals surface area contributed by atoms with E-state index in [-0.39, 0.29) is 22.9 Å². The highest BCUT2D eigenvalue weighted by atomic mass is 19.1. The molecule has 0 saturated carbocycles. The Kier molecular flexibility index (Phi) is 3.73. The first-order chi connectivity index (χ1) is 9.06. The van der Waals surface area contributed by atoms with Crippen molar-refractivity contribution in [1.29, 1.82) is 0 Å². The summed E-state index contributed by atoms with van der Waals surface area (Å²) >= 11 is 0. The van der Waals surface area contributed by atoms with Gasteiger partial charge in [-0.1, -0.05) is 24.3 Å². The smallest absolute Gasteiger partial charge is 0.423 e. The Morgan fingerprint density at radius 2 is 1.68 bits per heavy atom. The van der Waals surface area contributed by atoms with Gasteiger partial charge in [0, 0.05) is 5.56 Å².